The zero-order valence-corrected chi connectivity index (χ0v) is 15.6. The van der Waals surface area contributed by atoms with E-state index in [1.807, 2.05) is 4.90 Å². The van der Waals surface area contributed by atoms with Gasteiger partial charge < -0.3 is 19.5 Å². The number of nitrogens with zero attached hydrogens (tertiary/aromatic N) is 5. The molecule has 3 heterocycles. The Bertz CT molecular complexity index is 1000. The van der Waals surface area contributed by atoms with Crippen molar-refractivity contribution >= 4 is 17.5 Å². The monoisotopic (exact) mass is 418 g/mol. The van der Waals surface area contributed by atoms with E-state index in [0.29, 0.717) is 49.1 Å². The highest BCUT2D eigenvalue weighted by Gasteiger charge is 2.31. The van der Waals surface area contributed by atoms with Crippen molar-refractivity contribution in [1.29, 1.82) is 0 Å². The molecule has 0 spiro atoms. The van der Waals surface area contributed by atoms with Gasteiger partial charge in [0, 0.05) is 43.6 Å². The van der Waals surface area contributed by atoms with Crippen molar-refractivity contribution in [1.82, 2.24) is 20.1 Å². The van der Waals surface area contributed by atoms with Crippen LogP contribution in [0.25, 0.3) is 11.5 Å². The van der Waals surface area contributed by atoms with E-state index >= 15 is 0 Å². The molecule has 1 aliphatic rings. The van der Waals surface area contributed by atoms with Gasteiger partial charge in [0.15, 0.2) is 0 Å². The molecule has 1 N–H and O–H groups in total. The molecule has 0 bridgehead atoms. The smallest absolute Gasteiger partial charge is 0.417 e. The summed E-state index contributed by atoms with van der Waals surface area (Å²) in [6, 6.07) is 9.13. The maximum Gasteiger partial charge on any atom is 0.417 e. The van der Waals surface area contributed by atoms with Crippen molar-refractivity contribution < 1.29 is 22.4 Å². The highest BCUT2D eigenvalue weighted by Crippen LogP contribution is 2.29. The third-order valence-corrected chi connectivity index (χ3v) is 4.69. The number of hydrogen-bond acceptors (Lipinski definition) is 6. The summed E-state index contributed by atoms with van der Waals surface area (Å²) in [5.41, 5.74) is 0.484. The van der Waals surface area contributed by atoms with E-state index in [4.69, 9.17) is 4.42 Å². The second-order valence-corrected chi connectivity index (χ2v) is 6.63. The number of nitrogens with one attached hydrogen (secondary N) is 1. The van der Waals surface area contributed by atoms with Crippen LogP contribution in [0.1, 0.15) is 5.56 Å². The third-order valence-electron chi connectivity index (χ3n) is 4.69. The Kier molecular flexibility index (Phi) is 5.25. The molecule has 1 fully saturated rings. The van der Waals surface area contributed by atoms with Gasteiger partial charge >= 0.3 is 12.2 Å². The molecular weight excluding hydrogens is 401 g/mol. The highest BCUT2D eigenvalue weighted by atomic mass is 19.4. The normalized spacial score (nSPS) is 14.6. The minimum atomic E-state index is -4.41. The first-order valence-electron chi connectivity index (χ1n) is 9.11. The lowest BCUT2D eigenvalue weighted by Gasteiger charge is -2.35. The number of alkyl halides is 3. The Morgan fingerprint density at radius 2 is 1.90 bits per heavy atom. The minimum Gasteiger partial charge on any atom is -0.423 e. The summed E-state index contributed by atoms with van der Waals surface area (Å²) < 4.78 is 43.2. The van der Waals surface area contributed by atoms with Gasteiger partial charge in [0.05, 0.1) is 5.56 Å². The fraction of sp³-hybridized carbons (Fsp3) is 0.263. The first kappa shape index (κ1) is 19.7. The summed E-state index contributed by atoms with van der Waals surface area (Å²) in [7, 11) is 0. The van der Waals surface area contributed by atoms with Gasteiger partial charge in [0.1, 0.15) is 5.82 Å². The van der Waals surface area contributed by atoms with Crippen LogP contribution in [0.2, 0.25) is 0 Å². The van der Waals surface area contributed by atoms with Crippen LogP contribution >= 0.6 is 0 Å². The van der Waals surface area contributed by atoms with Crippen molar-refractivity contribution in [2.75, 3.05) is 36.4 Å². The van der Waals surface area contributed by atoms with Crippen molar-refractivity contribution in [3.63, 3.8) is 0 Å². The molecule has 3 aromatic rings. The zero-order valence-electron chi connectivity index (χ0n) is 15.6. The Hall–Kier alpha value is -3.63. The predicted octanol–water partition coefficient (Wildman–Crippen LogP) is 3.50. The maximum absolute atomic E-state index is 12.7. The largest absolute Gasteiger partial charge is 0.423 e. The molecule has 156 valence electrons. The van der Waals surface area contributed by atoms with Crippen LogP contribution in [-0.4, -0.2) is 52.3 Å². The molecule has 30 heavy (non-hydrogen) atoms. The van der Waals surface area contributed by atoms with Gasteiger partial charge in [0.2, 0.25) is 12.3 Å². The SMILES string of the molecule is O=C(Nc1cccc(-c2nnco2)c1)N1CCN(c2ccc(C(F)(F)F)cn2)CC1. The Balaban J connectivity index is 1.34. The molecule has 0 radical (unpaired) electrons. The van der Waals surface area contributed by atoms with Gasteiger partial charge in [-0.25, -0.2) is 9.78 Å². The number of aromatic nitrogens is 3. The molecule has 4 rings (SSSR count). The van der Waals surface area contributed by atoms with Gasteiger partial charge in [-0.3, -0.25) is 0 Å². The van der Waals surface area contributed by atoms with E-state index in [2.05, 4.69) is 20.5 Å². The molecule has 8 nitrogen and oxygen atoms in total. The zero-order chi connectivity index (χ0) is 21.1. The molecule has 11 heteroatoms. The summed E-state index contributed by atoms with van der Waals surface area (Å²) in [4.78, 5) is 20.0. The number of anilines is 2. The fourth-order valence-electron chi connectivity index (χ4n) is 3.11. The summed E-state index contributed by atoms with van der Waals surface area (Å²) in [6.45, 7) is 1.76. The average molecular weight is 418 g/mol. The van der Waals surface area contributed by atoms with Crippen LogP contribution < -0.4 is 10.2 Å². The summed E-state index contributed by atoms with van der Waals surface area (Å²) in [6.07, 6.45) is -2.36. The number of pyridine rings is 1. The van der Waals surface area contributed by atoms with Crippen molar-refractivity contribution in [3.05, 3.63) is 54.6 Å². The van der Waals surface area contributed by atoms with Gasteiger partial charge in [-0.05, 0) is 30.3 Å². The number of rotatable bonds is 3. The first-order valence-corrected chi connectivity index (χ1v) is 9.11. The second kappa shape index (κ2) is 8.01. The number of benzene rings is 1. The lowest BCUT2D eigenvalue weighted by atomic mass is 10.2. The van der Waals surface area contributed by atoms with Crippen molar-refractivity contribution in [2.45, 2.75) is 6.18 Å². The minimum absolute atomic E-state index is 0.266. The quantitative estimate of drug-likeness (QED) is 0.701. The lowest BCUT2D eigenvalue weighted by molar-refractivity contribution is -0.137. The van der Waals surface area contributed by atoms with Crippen LogP contribution in [0.3, 0.4) is 0 Å². The van der Waals surface area contributed by atoms with Crippen LogP contribution in [0, 0.1) is 0 Å². The molecule has 2 aromatic heterocycles. The molecule has 0 atom stereocenters. The standard InChI is InChI=1S/C19H17F3N6O2/c20-19(21,22)14-4-5-16(23-11-14)27-6-8-28(9-7-27)18(29)25-15-3-1-2-13(10-15)17-26-24-12-30-17/h1-5,10-12H,6-9H2,(H,25,29). The fourth-order valence-corrected chi connectivity index (χ4v) is 3.11. The van der Waals surface area contributed by atoms with Crippen molar-refractivity contribution in [3.8, 4) is 11.5 Å². The third kappa shape index (κ3) is 4.34. The van der Waals surface area contributed by atoms with E-state index in [0.717, 1.165) is 12.3 Å². The number of piperazine rings is 1. The van der Waals surface area contributed by atoms with Crippen LogP contribution in [0.5, 0.6) is 0 Å². The van der Waals surface area contributed by atoms with E-state index in [1.54, 1.807) is 29.2 Å². The van der Waals surface area contributed by atoms with Gasteiger partial charge in [-0.2, -0.15) is 13.2 Å². The molecule has 1 saturated heterocycles. The topological polar surface area (TPSA) is 87.4 Å². The van der Waals surface area contributed by atoms with E-state index in [-0.39, 0.29) is 6.03 Å². The van der Waals surface area contributed by atoms with E-state index in [9.17, 15) is 18.0 Å². The molecule has 1 aliphatic heterocycles. The van der Waals surface area contributed by atoms with Crippen LogP contribution in [0.4, 0.5) is 29.5 Å². The molecule has 0 aliphatic carbocycles. The number of amides is 2. The van der Waals surface area contributed by atoms with Crippen LogP contribution in [-0.2, 0) is 6.18 Å². The number of urea groups is 1. The molecule has 0 saturated carbocycles. The van der Waals surface area contributed by atoms with Gasteiger partial charge in [-0.1, -0.05) is 6.07 Å². The predicted molar refractivity (Wildman–Crippen MR) is 102 cm³/mol. The summed E-state index contributed by atoms with van der Waals surface area (Å²) >= 11 is 0. The molecular formula is C19H17F3N6O2. The van der Waals surface area contributed by atoms with Crippen LogP contribution in [0.15, 0.2) is 53.4 Å². The number of halogens is 3. The second-order valence-electron chi connectivity index (χ2n) is 6.63. The number of hydrogen-bond donors (Lipinski definition) is 1. The Morgan fingerprint density at radius 1 is 1.10 bits per heavy atom. The molecule has 0 unspecified atom stereocenters. The Morgan fingerprint density at radius 3 is 2.53 bits per heavy atom. The van der Waals surface area contributed by atoms with Crippen molar-refractivity contribution in [2.24, 2.45) is 0 Å². The lowest BCUT2D eigenvalue weighted by Crippen LogP contribution is -2.50. The highest BCUT2D eigenvalue weighted by molar-refractivity contribution is 5.90. The molecule has 2 amide bonds. The summed E-state index contributed by atoms with van der Waals surface area (Å²) in [5, 5.41) is 10.3. The Labute approximate surface area is 169 Å². The number of carbonyl (C=O) groups excluding carboxylic acids is 1. The summed E-state index contributed by atoms with van der Waals surface area (Å²) in [5.74, 6) is 0.805. The molecule has 1 aromatic carbocycles. The average Bonchev–Trinajstić information content (AvgIpc) is 3.29. The first-order chi connectivity index (χ1) is 14.4. The van der Waals surface area contributed by atoms with E-state index in [1.165, 1.54) is 12.5 Å². The number of carbonyl (C=O) groups is 1. The van der Waals surface area contributed by atoms with Gasteiger partial charge in [-0.15, -0.1) is 10.2 Å². The maximum atomic E-state index is 12.7. The van der Waals surface area contributed by atoms with Gasteiger partial charge in [0.25, 0.3) is 0 Å². The van der Waals surface area contributed by atoms with E-state index < -0.39 is 11.7 Å².